The van der Waals surface area contributed by atoms with E-state index in [2.05, 4.69) is 9.44 Å². The molecule has 0 bridgehead atoms. The van der Waals surface area contributed by atoms with Gasteiger partial charge in [0.15, 0.2) is 0 Å². The molecule has 0 spiro atoms. The number of nitrogen functional groups attached to an aromatic ring is 1. The fourth-order valence-electron chi connectivity index (χ4n) is 1.99. The highest BCUT2D eigenvalue weighted by Crippen LogP contribution is 2.32. The van der Waals surface area contributed by atoms with Crippen molar-refractivity contribution in [2.45, 2.75) is 4.90 Å². The van der Waals surface area contributed by atoms with Crippen LogP contribution in [0.2, 0.25) is 0 Å². The molecule has 124 valence electrons. The molecular formula is C13H15N3O5S2. The molecule has 0 unspecified atom stereocenters. The van der Waals surface area contributed by atoms with E-state index in [1.54, 1.807) is 6.07 Å². The molecule has 0 saturated carbocycles. The molecule has 0 saturated heterocycles. The van der Waals surface area contributed by atoms with Crippen molar-refractivity contribution in [2.75, 3.05) is 17.5 Å². The third kappa shape index (κ3) is 3.99. The summed E-state index contributed by atoms with van der Waals surface area (Å²) in [6, 6.07) is 10.3. The van der Waals surface area contributed by atoms with E-state index in [9.17, 15) is 21.4 Å². The minimum atomic E-state index is -4.50. The molecule has 2 aromatic carbocycles. The summed E-state index contributed by atoms with van der Waals surface area (Å²) in [5, 5.41) is 0. The summed E-state index contributed by atoms with van der Waals surface area (Å²) in [6.07, 6.45) is 0. The van der Waals surface area contributed by atoms with Crippen LogP contribution in [-0.4, -0.2) is 28.4 Å². The van der Waals surface area contributed by atoms with Crippen LogP contribution in [0.4, 0.5) is 11.4 Å². The minimum absolute atomic E-state index is 0.0787. The smallest absolute Gasteiger partial charge is 0.298 e. The topological polar surface area (TPSA) is 139 Å². The molecule has 0 aliphatic heterocycles. The van der Waals surface area contributed by atoms with Crippen LogP contribution in [0.1, 0.15) is 0 Å². The first-order valence-electron chi connectivity index (χ1n) is 6.32. The maximum Gasteiger partial charge on any atom is 0.298 e. The lowest BCUT2D eigenvalue weighted by molar-refractivity contribution is 0.484. The van der Waals surface area contributed by atoms with Gasteiger partial charge in [0.05, 0.1) is 5.69 Å². The Balaban J connectivity index is 2.48. The zero-order chi connectivity index (χ0) is 17.3. The number of anilines is 2. The van der Waals surface area contributed by atoms with Gasteiger partial charge in [0.1, 0.15) is 4.90 Å². The van der Waals surface area contributed by atoms with Gasteiger partial charge in [-0.1, -0.05) is 24.3 Å². The van der Waals surface area contributed by atoms with Gasteiger partial charge < -0.3 is 5.73 Å². The molecule has 2 rings (SSSR count). The predicted molar refractivity (Wildman–Crippen MR) is 87.7 cm³/mol. The fourth-order valence-corrected chi connectivity index (χ4v) is 3.37. The van der Waals surface area contributed by atoms with E-state index in [4.69, 9.17) is 5.73 Å². The van der Waals surface area contributed by atoms with Gasteiger partial charge in [0, 0.05) is 18.3 Å². The van der Waals surface area contributed by atoms with Crippen LogP contribution in [0.25, 0.3) is 11.1 Å². The highest BCUT2D eigenvalue weighted by atomic mass is 32.2. The summed E-state index contributed by atoms with van der Waals surface area (Å²) >= 11 is 0. The predicted octanol–water partition coefficient (Wildman–Crippen LogP) is 1.06. The molecule has 0 radical (unpaired) electrons. The van der Waals surface area contributed by atoms with Crippen molar-refractivity contribution in [3.05, 3.63) is 42.5 Å². The van der Waals surface area contributed by atoms with E-state index in [1.165, 1.54) is 43.4 Å². The zero-order valence-electron chi connectivity index (χ0n) is 12.0. The Morgan fingerprint density at radius 2 is 1.61 bits per heavy atom. The molecule has 0 heterocycles. The van der Waals surface area contributed by atoms with Gasteiger partial charge in [0.25, 0.3) is 20.3 Å². The van der Waals surface area contributed by atoms with Crippen molar-refractivity contribution in [1.82, 2.24) is 4.72 Å². The quantitative estimate of drug-likeness (QED) is 0.466. The standard InChI is InChI=1S/C13H15N3O5S2/c1-15-23(20,21)16-10-7-5-9(6-8-10)11-3-2-4-12(14)13(11)22(17,18)19/h2-8,15-16H,14H2,1H3,(H,17,18,19). The van der Waals surface area contributed by atoms with Gasteiger partial charge in [-0.2, -0.15) is 16.8 Å². The number of nitrogens with two attached hydrogens (primary N) is 1. The molecule has 0 amide bonds. The molecule has 0 aromatic heterocycles. The Bertz CT molecular complexity index is 923. The second-order valence-corrected chi connectivity index (χ2v) is 7.56. The number of hydrogen-bond acceptors (Lipinski definition) is 5. The van der Waals surface area contributed by atoms with Crippen molar-refractivity contribution >= 4 is 31.7 Å². The van der Waals surface area contributed by atoms with Crippen molar-refractivity contribution in [2.24, 2.45) is 0 Å². The number of rotatable bonds is 5. The Kier molecular flexibility index (Phi) is 4.61. The van der Waals surface area contributed by atoms with E-state index in [0.29, 0.717) is 11.3 Å². The lowest BCUT2D eigenvalue weighted by atomic mass is 10.0. The van der Waals surface area contributed by atoms with Gasteiger partial charge in [0.2, 0.25) is 0 Å². The summed E-state index contributed by atoms with van der Waals surface area (Å²) in [5.74, 6) is 0. The van der Waals surface area contributed by atoms with Crippen molar-refractivity contribution in [1.29, 1.82) is 0 Å². The number of nitrogens with one attached hydrogen (secondary N) is 2. The molecule has 0 atom stereocenters. The molecule has 2 aromatic rings. The first kappa shape index (κ1) is 17.2. The average Bonchev–Trinajstić information content (AvgIpc) is 2.46. The SMILES string of the molecule is CNS(=O)(=O)Nc1ccc(-c2cccc(N)c2S(=O)(=O)O)cc1. The minimum Gasteiger partial charge on any atom is -0.398 e. The molecular weight excluding hydrogens is 342 g/mol. The Morgan fingerprint density at radius 3 is 2.13 bits per heavy atom. The van der Waals surface area contributed by atoms with Crippen LogP contribution >= 0.6 is 0 Å². The first-order chi connectivity index (χ1) is 10.6. The summed E-state index contributed by atoms with van der Waals surface area (Å²) in [7, 11) is -6.88. The normalized spacial score (nSPS) is 12.1. The molecule has 5 N–H and O–H groups in total. The molecule has 8 nitrogen and oxygen atoms in total. The van der Waals surface area contributed by atoms with E-state index >= 15 is 0 Å². The van der Waals surface area contributed by atoms with E-state index in [1.807, 2.05) is 0 Å². The monoisotopic (exact) mass is 357 g/mol. The van der Waals surface area contributed by atoms with Crippen LogP contribution in [-0.2, 0) is 20.3 Å². The second-order valence-electron chi connectivity index (χ2n) is 4.59. The lowest BCUT2D eigenvalue weighted by Gasteiger charge is -2.11. The van der Waals surface area contributed by atoms with Crippen molar-refractivity contribution in [3.8, 4) is 11.1 Å². The van der Waals surface area contributed by atoms with E-state index in [-0.39, 0.29) is 16.1 Å². The van der Waals surface area contributed by atoms with E-state index in [0.717, 1.165) is 0 Å². The first-order valence-corrected chi connectivity index (χ1v) is 9.24. The Labute approximate surface area is 134 Å². The summed E-state index contributed by atoms with van der Waals surface area (Å²) < 4.78 is 59.6. The third-order valence-corrected chi connectivity index (χ3v) is 5.03. The van der Waals surface area contributed by atoms with Crippen LogP contribution < -0.4 is 15.2 Å². The van der Waals surface area contributed by atoms with E-state index < -0.39 is 20.3 Å². The highest BCUT2D eigenvalue weighted by Gasteiger charge is 2.20. The van der Waals surface area contributed by atoms with Gasteiger partial charge in [-0.25, -0.2) is 4.72 Å². The van der Waals surface area contributed by atoms with Gasteiger partial charge in [-0.3, -0.25) is 9.27 Å². The van der Waals surface area contributed by atoms with Crippen molar-refractivity contribution < 1.29 is 21.4 Å². The largest absolute Gasteiger partial charge is 0.398 e. The maximum absolute atomic E-state index is 11.5. The van der Waals surface area contributed by atoms with Gasteiger partial charge >= 0.3 is 0 Å². The molecule has 23 heavy (non-hydrogen) atoms. The highest BCUT2D eigenvalue weighted by molar-refractivity contribution is 7.90. The number of benzene rings is 2. The van der Waals surface area contributed by atoms with Crippen molar-refractivity contribution in [3.63, 3.8) is 0 Å². The maximum atomic E-state index is 11.5. The lowest BCUT2D eigenvalue weighted by Crippen LogP contribution is -2.26. The summed E-state index contributed by atoms with van der Waals surface area (Å²) in [4.78, 5) is -0.386. The van der Waals surface area contributed by atoms with Crippen LogP contribution in [0, 0.1) is 0 Å². The molecule has 10 heteroatoms. The second kappa shape index (κ2) is 6.16. The van der Waals surface area contributed by atoms with Crippen LogP contribution in [0.5, 0.6) is 0 Å². The Morgan fingerprint density at radius 1 is 1.00 bits per heavy atom. The van der Waals surface area contributed by atoms with Crippen LogP contribution in [0.3, 0.4) is 0 Å². The summed E-state index contributed by atoms with van der Waals surface area (Å²) in [6.45, 7) is 0. The molecule has 0 aliphatic rings. The third-order valence-electron chi connectivity index (χ3n) is 3.02. The summed E-state index contributed by atoms with van der Waals surface area (Å²) in [5.41, 5.74) is 6.52. The fraction of sp³-hybridized carbons (Fsp3) is 0.0769. The molecule has 0 fully saturated rings. The average molecular weight is 357 g/mol. The van der Waals surface area contributed by atoms with Gasteiger partial charge in [-0.05, 0) is 23.8 Å². The van der Waals surface area contributed by atoms with Gasteiger partial charge in [-0.15, -0.1) is 0 Å². The van der Waals surface area contributed by atoms with Crippen LogP contribution in [0.15, 0.2) is 47.4 Å². The Hall–Kier alpha value is -2.14. The number of hydrogen-bond donors (Lipinski definition) is 4. The molecule has 0 aliphatic carbocycles. The zero-order valence-corrected chi connectivity index (χ0v) is 13.6.